The van der Waals surface area contributed by atoms with Crippen molar-refractivity contribution in [2.24, 2.45) is 5.92 Å². The van der Waals surface area contributed by atoms with Gasteiger partial charge < -0.3 is 5.32 Å². The molecule has 0 aromatic carbocycles. The highest BCUT2D eigenvalue weighted by Crippen LogP contribution is 2.33. The van der Waals surface area contributed by atoms with Gasteiger partial charge in [0.15, 0.2) is 0 Å². The SMILES string of the molecule is CCC1CCCC(n2ccc(CNC(C)(C)C)n2)C1. The van der Waals surface area contributed by atoms with E-state index in [2.05, 4.69) is 50.0 Å². The van der Waals surface area contributed by atoms with Crippen LogP contribution in [0, 0.1) is 5.92 Å². The maximum Gasteiger partial charge on any atom is 0.0762 e. The average molecular weight is 263 g/mol. The van der Waals surface area contributed by atoms with Crippen LogP contribution in [0.3, 0.4) is 0 Å². The second-order valence-corrected chi connectivity index (χ2v) is 6.99. The Morgan fingerprint density at radius 1 is 1.37 bits per heavy atom. The molecule has 19 heavy (non-hydrogen) atoms. The van der Waals surface area contributed by atoms with Gasteiger partial charge in [-0.05, 0) is 45.6 Å². The molecule has 0 saturated heterocycles. The van der Waals surface area contributed by atoms with Gasteiger partial charge >= 0.3 is 0 Å². The Kier molecular flexibility index (Phi) is 4.67. The molecular weight excluding hydrogens is 234 g/mol. The van der Waals surface area contributed by atoms with Crippen LogP contribution in [0.5, 0.6) is 0 Å². The Hall–Kier alpha value is -0.830. The zero-order valence-corrected chi connectivity index (χ0v) is 12.9. The molecule has 1 aliphatic rings. The molecule has 1 aliphatic carbocycles. The van der Waals surface area contributed by atoms with Gasteiger partial charge in [0.1, 0.15) is 0 Å². The summed E-state index contributed by atoms with van der Waals surface area (Å²) in [5.41, 5.74) is 1.32. The van der Waals surface area contributed by atoms with Gasteiger partial charge in [0.2, 0.25) is 0 Å². The van der Waals surface area contributed by atoms with Gasteiger partial charge in [-0.2, -0.15) is 5.10 Å². The van der Waals surface area contributed by atoms with Crippen molar-refractivity contribution in [2.45, 2.75) is 77.9 Å². The van der Waals surface area contributed by atoms with Gasteiger partial charge in [-0.3, -0.25) is 4.68 Å². The van der Waals surface area contributed by atoms with Crippen molar-refractivity contribution in [3.8, 4) is 0 Å². The minimum atomic E-state index is 0.155. The monoisotopic (exact) mass is 263 g/mol. The number of aromatic nitrogens is 2. The fourth-order valence-electron chi connectivity index (χ4n) is 2.90. The molecule has 3 heteroatoms. The number of nitrogens with one attached hydrogen (secondary N) is 1. The molecule has 0 bridgehead atoms. The number of hydrogen-bond acceptors (Lipinski definition) is 2. The topological polar surface area (TPSA) is 29.9 Å². The zero-order valence-electron chi connectivity index (χ0n) is 12.9. The lowest BCUT2D eigenvalue weighted by Gasteiger charge is -2.28. The van der Waals surface area contributed by atoms with Crippen molar-refractivity contribution in [3.63, 3.8) is 0 Å². The molecule has 1 N–H and O–H groups in total. The minimum Gasteiger partial charge on any atom is -0.306 e. The van der Waals surface area contributed by atoms with E-state index in [0.717, 1.165) is 18.2 Å². The summed E-state index contributed by atoms with van der Waals surface area (Å²) in [6, 6.07) is 2.79. The first-order valence-corrected chi connectivity index (χ1v) is 7.77. The second-order valence-electron chi connectivity index (χ2n) is 6.99. The Morgan fingerprint density at radius 2 is 2.16 bits per heavy atom. The summed E-state index contributed by atoms with van der Waals surface area (Å²) in [4.78, 5) is 0. The van der Waals surface area contributed by atoms with Crippen molar-refractivity contribution in [1.82, 2.24) is 15.1 Å². The summed E-state index contributed by atoms with van der Waals surface area (Å²) in [6.07, 6.45) is 8.86. The Balaban J connectivity index is 1.93. The van der Waals surface area contributed by atoms with Gasteiger partial charge in [-0.15, -0.1) is 0 Å². The van der Waals surface area contributed by atoms with Crippen LogP contribution in [0.2, 0.25) is 0 Å². The van der Waals surface area contributed by atoms with E-state index in [1.54, 1.807) is 0 Å². The fourth-order valence-corrected chi connectivity index (χ4v) is 2.90. The Morgan fingerprint density at radius 3 is 2.84 bits per heavy atom. The normalized spacial score (nSPS) is 24.6. The second kappa shape index (κ2) is 6.08. The molecule has 3 nitrogen and oxygen atoms in total. The summed E-state index contributed by atoms with van der Waals surface area (Å²) in [6.45, 7) is 9.75. The maximum atomic E-state index is 4.76. The van der Waals surface area contributed by atoms with E-state index in [-0.39, 0.29) is 5.54 Å². The van der Waals surface area contributed by atoms with Crippen molar-refractivity contribution < 1.29 is 0 Å². The van der Waals surface area contributed by atoms with Crippen LogP contribution in [0.1, 0.15) is 71.5 Å². The van der Waals surface area contributed by atoms with E-state index in [0.29, 0.717) is 6.04 Å². The summed E-state index contributed by atoms with van der Waals surface area (Å²) in [7, 11) is 0. The molecule has 0 radical (unpaired) electrons. The van der Waals surface area contributed by atoms with Crippen LogP contribution in [0.15, 0.2) is 12.3 Å². The van der Waals surface area contributed by atoms with Crippen LogP contribution >= 0.6 is 0 Å². The molecule has 1 fully saturated rings. The first-order valence-electron chi connectivity index (χ1n) is 7.77. The van der Waals surface area contributed by atoms with Crippen molar-refractivity contribution >= 4 is 0 Å². The number of hydrogen-bond donors (Lipinski definition) is 1. The summed E-state index contributed by atoms with van der Waals surface area (Å²) in [5, 5.41) is 8.26. The van der Waals surface area contributed by atoms with Gasteiger partial charge in [-0.1, -0.05) is 26.2 Å². The molecule has 2 atom stereocenters. The third-order valence-corrected chi connectivity index (χ3v) is 4.17. The quantitative estimate of drug-likeness (QED) is 0.892. The summed E-state index contributed by atoms with van der Waals surface area (Å²) >= 11 is 0. The molecule has 1 heterocycles. The highest BCUT2D eigenvalue weighted by Gasteiger charge is 2.22. The van der Waals surface area contributed by atoms with Gasteiger partial charge in [-0.25, -0.2) is 0 Å². The Bertz CT molecular complexity index is 389. The highest BCUT2D eigenvalue weighted by atomic mass is 15.3. The lowest BCUT2D eigenvalue weighted by Crippen LogP contribution is -2.35. The molecule has 1 aromatic heterocycles. The standard InChI is InChI=1S/C16H29N3/c1-5-13-7-6-8-15(11-13)19-10-9-14(18-19)12-17-16(2,3)4/h9-10,13,15,17H,5-8,11-12H2,1-4H3. The average Bonchev–Trinajstić information content (AvgIpc) is 2.84. The van der Waals surface area contributed by atoms with Crippen LogP contribution in [0.4, 0.5) is 0 Å². The van der Waals surface area contributed by atoms with Crippen molar-refractivity contribution in [1.29, 1.82) is 0 Å². The lowest BCUT2D eigenvalue weighted by molar-refractivity contribution is 0.246. The van der Waals surface area contributed by atoms with Gasteiger partial charge in [0.25, 0.3) is 0 Å². The fraction of sp³-hybridized carbons (Fsp3) is 0.812. The van der Waals surface area contributed by atoms with Crippen LogP contribution in [-0.4, -0.2) is 15.3 Å². The summed E-state index contributed by atoms with van der Waals surface area (Å²) in [5.74, 6) is 0.902. The first-order chi connectivity index (χ1) is 8.98. The lowest BCUT2D eigenvalue weighted by atomic mass is 9.84. The van der Waals surface area contributed by atoms with E-state index in [9.17, 15) is 0 Å². The molecule has 1 saturated carbocycles. The molecular formula is C16H29N3. The van der Waals surface area contributed by atoms with Crippen LogP contribution in [0.25, 0.3) is 0 Å². The smallest absolute Gasteiger partial charge is 0.0762 e. The van der Waals surface area contributed by atoms with E-state index in [1.165, 1.54) is 32.1 Å². The summed E-state index contributed by atoms with van der Waals surface area (Å²) < 4.78 is 2.21. The van der Waals surface area contributed by atoms with E-state index in [4.69, 9.17) is 5.10 Å². The predicted octanol–water partition coefficient (Wildman–Crippen LogP) is 3.91. The van der Waals surface area contributed by atoms with E-state index in [1.807, 2.05) is 0 Å². The molecule has 0 spiro atoms. The number of nitrogens with zero attached hydrogens (tertiary/aromatic N) is 2. The molecule has 2 unspecified atom stereocenters. The van der Waals surface area contributed by atoms with E-state index < -0.39 is 0 Å². The van der Waals surface area contributed by atoms with Gasteiger partial charge in [0.05, 0.1) is 11.7 Å². The van der Waals surface area contributed by atoms with Gasteiger partial charge in [0, 0.05) is 18.3 Å². The third-order valence-electron chi connectivity index (χ3n) is 4.17. The zero-order chi connectivity index (χ0) is 13.9. The molecule has 1 aromatic rings. The molecule has 2 rings (SSSR count). The first kappa shape index (κ1) is 14.6. The predicted molar refractivity (Wildman–Crippen MR) is 80.1 cm³/mol. The Labute approximate surface area is 117 Å². The molecule has 108 valence electrons. The number of rotatable bonds is 4. The third kappa shape index (κ3) is 4.34. The minimum absolute atomic E-state index is 0.155. The van der Waals surface area contributed by atoms with Crippen LogP contribution in [-0.2, 0) is 6.54 Å². The van der Waals surface area contributed by atoms with Crippen LogP contribution < -0.4 is 5.32 Å². The molecule has 0 amide bonds. The van der Waals surface area contributed by atoms with E-state index >= 15 is 0 Å². The largest absolute Gasteiger partial charge is 0.306 e. The molecule has 0 aliphatic heterocycles. The van der Waals surface area contributed by atoms with Crippen molar-refractivity contribution in [2.75, 3.05) is 0 Å². The highest BCUT2D eigenvalue weighted by molar-refractivity contribution is 5.00. The van der Waals surface area contributed by atoms with Crippen molar-refractivity contribution in [3.05, 3.63) is 18.0 Å². The maximum absolute atomic E-state index is 4.76.